The third-order valence-electron chi connectivity index (χ3n) is 4.16. The van der Waals surface area contributed by atoms with Crippen LogP contribution in [0.25, 0.3) is 0 Å². The quantitative estimate of drug-likeness (QED) is 0.821. The van der Waals surface area contributed by atoms with Gasteiger partial charge in [-0.2, -0.15) is 0 Å². The Labute approximate surface area is 137 Å². The Balaban J connectivity index is 2.06. The minimum Gasteiger partial charge on any atom is -0.338 e. The summed E-state index contributed by atoms with van der Waals surface area (Å²) in [6.07, 6.45) is 2.48. The fraction of sp³-hybridized carbons (Fsp3) is 0.625. The van der Waals surface area contributed by atoms with E-state index in [4.69, 9.17) is 0 Å². The third-order valence-corrected chi connectivity index (χ3v) is 6.77. The molecule has 1 amide bonds. The van der Waals surface area contributed by atoms with Crippen LogP contribution in [-0.4, -0.2) is 47.9 Å². The summed E-state index contributed by atoms with van der Waals surface area (Å²) in [5.41, 5.74) is -0.189. The van der Waals surface area contributed by atoms with Crippen LogP contribution in [0, 0.1) is 5.92 Å². The normalized spacial score (nSPS) is 16.8. The van der Waals surface area contributed by atoms with Gasteiger partial charge in [0.15, 0.2) is 9.84 Å². The highest BCUT2D eigenvalue weighted by atomic mass is 32.2. The summed E-state index contributed by atoms with van der Waals surface area (Å²) < 4.78 is 25.9. The van der Waals surface area contributed by atoms with Crippen LogP contribution in [0.3, 0.4) is 0 Å². The van der Waals surface area contributed by atoms with Gasteiger partial charge in [0.2, 0.25) is 0 Å². The average molecular weight is 340 g/mol. The predicted octanol–water partition coefficient (Wildman–Crippen LogP) is 1.06. The SMILES string of the molecule is CC(C)CS(=O)(=O)C1CCN(C(=O)c2cccn(C)c2=O)CC1. The largest absolute Gasteiger partial charge is 0.338 e. The average Bonchev–Trinajstić information content (AvgIpc) is 2.48. The molecule has 0 aliphatic carbocycles. The molecule has 23 heavy (non-hydrogen) atoms. The number of hydrogen-bond acceptors (Lipinski definition) is 4. The Bertz CT molecular complexity index is 729. The van der Waals surface area contributed by atoms with Crippen molar-refractivity contribution >= 4 is 15.7 Å². The van der Waals surface area contributed by atoms with E-state index < -0.39 is 9.84 Å². The fourth-order valence-electron chi connectivity index (χ4n) is 2.95. The van der Waals surface area contributed by atoms with Gasteiger partial charge in [-0.15, -0.1) is 0 Å². The summed E-state index contributed by atoms with van der Waals surface area (Å²) in [4.78, 5) is 26.1. The molecule has 1 fully saturated rings. The fourth-order valence-corrected chi connectivity index (χ4v) is 5.08. The molecule has 0 spiro atoms. The van der Waals surface area contributed by atoms with E-state index in [0.717, 1.165) is 0 Å². The van der Waals surface area contributed by atoms with Crippen LogP contribution in [0.4, 0.5) is 0 Å². The van der Waals surface area contributed by atoms with Crippen molar-refractivity contribution in [1.29, 1.82) is 0 Å². The second-order valence-electron chi connectivity index (χ2n) is 6.55. The highest BCUT2D eigenvalue weighted by Gasteiger charge is 2.32. The van der Waals surface area contributed by atoms with E-state index in [1.54, 1.807) is 24.2 Å². The molecule has 0 atom stereocenters. The molecule has 6 nitrogen and oxygen atoms in total. The lowest BCUT2D eigenvalue weighted by molar-refractivity contribution is 0.0723. The van der Waals surface area contributed by atoms with E-state index in [1.807, 2.05) is 13.8 Å². The maximum Gasteiger partial charge on any atom is 0.263 e. The van der Waals surface area contributed by atoms with E-state index in [1.165, 1.54) is 10.6 Å². The van der Waals surface area contributed by atoms with Crippen LogP contribution in [0.15, 0.2) is 23.1 Å². The molecular formula is C16H24N2O4S. The highest BCUT2D eigenvalue weighted by molar-refractivity contribution is 7.92. The zero-order chi connectivity index (χ0) is 17.2. The first kappa shape index (κ1) is 17.7. The van der Waals surface area contributed by atoms with Gasteiger partial charge in [-0.25, -0.2) is 8.42 Å². The lowest BCUT2D eigenvalue weighted by Gasteiger charge is -2.32. The van der Waals surface area contributed by atoms with E-state index in [-0.39, 0.29) is 34.0 Å². The number of hydrogen-bond donors (Lipinski definition) is 0. The smallest absolute Gasteiger partial charge is 0.263 e. The van der Waals surface area contributed by atoms with Crippen molar-refractivity contribution in [3.63, 3.8) is 0 Å². The second kappa shape index (κ2) is 6.86. The van der Waals surface area contributed by atoms with Gasteiger partial charge < -0.3 is 9.47 Å². The van der Waals surface area contributed by atoms with Crippen LogP contribution in [-0.2, 0) is 16.9 Å². The summed E-state index contributed by atoms with van der Waals surface area (Å²) in [6.45, 7) is 4.53. The summed E-state index contributed by atoms with van der Waals surface area (Å²) in [7, 11) is -1.51. The van der Waals surface area contributed by atoms with Crippen molar-refractivity contribution in [2.45, 2.75) is 31.9 Å². The van der Waals surface area contributed by atoms with Crippen molar-refractivity contribution in [3.05, 3.63) is 34.2 Å². The Hall–Kier alpha value is -1.63. The van der Waals surface area contributed by atoms with Crippen molar-refractivity contribution in [2.75, 3.05) is 18.8 Å². The van der Waals surface area contributed by atoms with Gasteiger partial charge in [0.1, 0.15) is 5.56 Å². The molecule has 0 N–H and O–H groups in total. The van der Waals surface area contributed by atoms with Crippen LogP contribution in [0.5, 0.6) is 0 Å². The molecule has 2 heterocycles. The van der Waals surface area contributed by atoms with Crippen LogP contribution in [0.2, 0.25) is 0 Å². The Kier molecular flexibility index (Phi) is 5.29. The monoisotopic (exact) mass is 340 g/mol. The number of carbonyl (C=O) groups excluding carboxylic acids is 1. The number of amides is 1. The minimum atomic E-state index is -3.12. The van der Waals surface area contributed by atoms with Gasteiger partial charge in [-0.05, 0) is 30.9 Å². The number of pyridine rings is 1. The lowest BCUT2D eigenvalue weighted by Crippen LogP contribution is -2.44. The molecule has 0 bridgehead atoms. The summed E-state index contributed by atoms with van der Waals surface area (Å²) in [5, 5.41) is -0.382. The van der Waals surface area contributed by atoms with Crippen molar-refractivity contribution < 1.29 is 13.2 Å². The highest BCUT2D eigenvalue weighted by Crippen LogP contribution is 2.21. The van der Waals surface area contributed by atoms with Crippen LogP contribution < -0.4 is 5.56 Å². The zero-order valence-corrected chi connectivity index (χ0v) is 14.7. The van der Waals surface area contributed by atoms with E-state index >= 15 is 0 Å². The van der Waals surface area contributed by atoms with Crippen LogP contribution in [0.1, 0.15) is 37.0 Å². The molecule has 1 aliphatic heterocycles. The molecule has 0 radical (unpaired) electrons. The van der Waals surface area contributed by atoms with Gasteiger partial charge >= 0.3 is 0 Å². The standard InChI is InChI=1S/C16H24N2O4S/c1-12(2)11-23(21,22)13-6-9-18(10-7-13)16(20)14-5-4-8-17(3)15(14)19/h4-5,8,12-13H,6-7,9-11H2,1-3H3. The minimum absolute atomic E-state index is 0.104. The molecule has 0 aromatic carbocycles. The molecule has 7 heteroatoms. The van der Waals surface area contributed by atoms with Gasteiger partial charge in [0.25, 0.3) is 11.5 Å². The first-order valence-corrected chi connectivity index (χ1v) is 9.60. The van der Waals surface area contributed by atoms with E-state index in [0.29, 0.717) is 25.9 Å². The number of sulfone groups is 1. The number of aromatic nitrogens is 1. The molecule has 1 aromatic rings. The number of rotatable bonds is 4. The van der Waals surface area contributed by atoms with Gasteiger partial charge in [0, 0.05) is 26.3 Å². The first-order valence-electron chi connectivity index (χ1n) is 7.89. The second-order valence-corrected chi connectivity index (χ2v) is 8.88. The Morgan fingerprint density at radius 1 is 1.30 bits per heavy atom. The molecule has 1 saturated heterocycles. The third kappa shape index (κ3) is 4.02. The number of carbonyl (C=O) groups is 1. The number of piperidine rings is 1. The number of aryl methyl sites for hydroxylation is 1. The first-order chi connectivity index (χ1) is 10.7. The summed E-state index contributed by atoms with van der Waals surface area (Å²) >= 11 is 0. The molecule has 2 rings (SSSR count). The maximum absolute atomic E-state index is 12.5. The van der Waals surface area contributed by atoms with Gasteiger partial charge in [-0.1, -0.05) is 13.8 Å². The van der Waals surface area contributed by atoms with Gasteiger partial charge in [-0.3, -0.25) is 9.59 Å². The van der Waals surface area contributed by atoms with Crippen molar-refractivity contribution in [2.24, 2.45) is 13.0 Å². The Morgan fingerprint density at radius 3 is 2.48 bits per heavy atom. The molecule has 0 saturated carbocycles. The number of nitrogens with zero attached hydrogens (tertiary/aromatic N) is 2. The molecular weight excluding hydrogens is 316 g/mol. The topological polar surface area (TPSA) is 76.5 Å². The molecule has 1 aromatic heterocycles. The molecule has 0 unspecified atom stereocenters. The number of likely N-dealkylation sites (tertiary alicyclic amines) is 1. The van der Waals surface area contributed by atoms with Crippen LogP contribution >= 0.6 is 0 Å². The lowest BCUT2D eigenvalue weighted by atomic mass is 10.1. The van der Waals surface area contributed by atoms with E-state index in [9.17, 15) is 18.0 Å². The molecule has 1 aliphatic rings. The predicted molar refractivity (Wildman–Crippen MR) is 89.2 cm³/mol. The van der Waals surface area contributed by atoms with E-state index in [2.05, 4.69) is 0 Å². The zero-order valence-electron chi connectivity index (χ0n) is 13.9. The summed E-state index contributed by atoms with van der Waals surface area (Å²) in [6, 6.07) is 3.18. The van der Waals surface area contributed by atoms with Crippen molar-refractivity contribution in [3.8, 4) is 0 Å². The van der Waals surface area contributed by atoms with Gasteiger partial charge in [0.05, 0.1) is 11.0 Å². The summed E-state index contributed by atoms with van der Waals surface area (Å²) in [5.74, 6) is -0.0249. The Morgan fingerprint density at radius 2 is 1.91 bits per heavy atom. The maximum atomic E-state index is 12.5. The van der Waals surface area contributed by atoms with Crippen molar-refractivity contribution in [1.82, 2.24) is 9.47 Å². The molecule has 128 valence electrons.